The molecule has 0 spiro atoms. The van der Waals surface area contributed by atoms with Gasteiger partial charge in [-0.25, -0.2) is 8.42 Å². The van der Waals surface area contributed by atoms with Crippen LogP contribution in [-0.2, 0) is 9.84 Å². The van der Waals surface area contributed by atoms with Gasteiger partial charge in [0.05, 0.1) is 11.2 Å². The SMILES string of the molecule is CS(=O)(=O)CCCC(N)c1ccc2ccccc2n1. The van der Waals surface area contributed by atoms with Crippen LogP contribution in [0.5, 0.6) is 0 Å². The van der Waals surface area contributed by atoms with Crippen LogP contribution < -0.4 is 5.73 Å². The van der Waals surface area contributed by atoms with Crippen LogP contribution in [0, 0.1) is 0 Å². The van der Waals surface area contributed by atoms with E-state index >= 15 is 0 Å². The molecule has 0 amide bonds. The van der Waals surface area contributed by atoms with Gasteiger partial charge in [0, 0.05) is 23.4 Å². The van der Waals surface area contributed by atoms with E-state index in [9.17, 15) is 8.42 Å². The Balaban J connectivity index is 2.06. The zero-order chi connectivity index (χ0) is 13.9. The van der Waals surface area contributed by atoms with Crippen LogP contribution in [0.25, 0.3) is 10.9 Å². The summed E-state index contributed by atoms with van der Waals surface area (Å²) in [6.45, 7) is 0. The summed E-state index contributed by atoms with van der Waals surface area (Å²) in [5, 5.41) is 1.08. The number of hydrogen-bond acceptors (Lipinski definition) is 4. The third-order valence-electron chi connectivity index (χ3n) is 3.03. The van der Waals surface area contributed by atoms with Crippen molar-refractivity contribution in [3.05, 3.63) is 42.1 Å². The second kappa shape index (κ2) is 5.67. The maximum absolute atomic E-state index is 11.1. The van der Waals surface area contributed by atoms with Crippen molar-refractivity contribution in [3.8, 4) is 0 Å². The fourth-order valence-corrected chi connectivity index (χ4v) is 2.69. The van der Waals surface area contributed by atoms with Gasteiger partial charge in [0.2, 0.25) is 0 Å². The fourth-order valence-electron chi connectivity index (χ4n) is 2.00. The molecule has 1 aromatic heterocycles. The number of nitrogens with zero attached hydrogens (tertiary/aromatic N) is 1. The lowest BCUT2D eigenvalue weighted by atomic mass is 10.1. The Kier molecular flexibility index (Phi) is 4.17. The summed E-state index contributed by atoms with van der Waals surface area (Å²) < 4.78 is 22.1. The van der Waals surface area contributed by atoms with Gasteiger partial charge in [-0.15, -0.1) is 0 Å². The Morgan fingerprint density at radius 1 is 1.21 bits per heavy atom. The Hall–Kier alpha value is -1.46. The summed E-state index contributed by atoms with van der Waals surface area (Å²) in [5.74, 6) is 0.175. The lowest BCUT2D eigenvalue weighted by Crippen LogP contribution is -2.14. The van der Waals surface area contributed by atoms with Crippen molar-refractivity contribution in [2.24, 2.45) is 5.73 Å². The van der Waals surface area contributed by atoms with Gasteiger partial charge in [-0.05, 0) is 25.0 Å². The molecule has 5 heteroatoms. The van der Waals surface area contributed by atoms with Crippen LogP contribution in [0.2, 0.25) is 0 Å². The van der Waals surface area contributed by atoms with E-state index in [1.165, 1.54) is 6.26 Å². The first-order valence-electron chi connectivity index (χ1n) is 6.25. The number of para-hydroxylation sites is 1. The van der Waals surface area contributed by atoms with Gasteiger partial charge in [-0.2, -0.15) is 0 Å². The van der Waals surface area contributed by atoms with Crippen molar-refractivity contribution in [1.82, 2.24) is 4.98 Å². The van der Waals surface area contributed by atoms with Gasteiger partial charge in [0.25, 0.3) is 0 Å². The van der Waals surface area contributed by atoms with Gasteiger partial charge in [0.15, 0.2) is 0 Å². The van der Waals surface area contributed by atoms with Crippen molar-refractivity contribution in [1.29, 1.82) is 0 Å². The van der Waals surface area contributed by atoms with Gasteiger partial charge < -0.3 is 5.73 Å². The van der Waals surface area contributed by atoms with Crippen LogP contribution in [0.4, 0.5) is 0 Å². The zero-order valence-electron chi connectivity index (χ0n) is 10.9. The molecule has 4 nitrogen and oxygen atoms in total. The van der Waals surface area contributed by atoms with E-state index in [0.717, 1.165) is 16.6 Å². The van der Waals surface area contributed by atoms with Crippen molar-refractivity contribution >= 4 is 20.7 Å². The molecule has 0 aliphatic rings. The molecule has 1 aromatic carbocycles. The third-order valence-corrected chi connectivity index (χ3v) is 4.06. The second-order valence-electron chi connectivity index (χ2n) is 4.81. The third kappa shape index (κ3) is 4.01. The summed E-state index contributed by atoms with van der Waals surface area (Å²) in [4.78, 5) is 4.52. The predicted molar refractivity (Wildman–Crippen MR) is 77.6 cm³/mol. The average Bonchev–Trinajstić information content (AvgIpc) is 2.36. The number of rotatable bonds is 5. The van der Waals surface area contributed by atoms with E-state index in [2.05, 4.69) is 4.98 Å². The Morgan fingerprint density at radius 3 is 2.68 bits per heavy atom. The van der Waals surface area contributed by atoms with Crippen LogP contribution in [0.1, 0.15) is 24.6 Å². The maximum atomic E-state index is 11.1. The van der Waals surface area contributed by atoms with E-state index < -0.39 is 9.84 Å². The molecule has 1 unspecified atom stereocenters. The minimum absolute atomic E-state index is 0.175. The maximum Gasteiger partial charge on any atom is 0.147 e. The monoisotopic (exact) mass is 278 g/mol. The van der Waals surface area contributed by atoms with Crippen molar-refractivity contribution in [2.75, 3.05) is 12.0 Å². The van der Waals surface area contributed by atoms with Crippen LogP contribution >= 0.6 is 0 Å². The highest BCUT2D eigenvalue weighted by atomic mass is 32.2. The Morgan fingerprint density at radius 2 is 1.95 bits per heavy atom. The Labute approximate surface area is 113 Å². The molecule has 0 fully saturated rings. The smallest absolute Gasteiger partial charge is 0.147 e. The van der Waals surface area contributed by atoms with Gasteiger partial charge in [-0.3, -0.25) is 4.98 Å². The molecule has 0 saturated heterocycles. The fraction of sp³-hybridized carbons (Fsp3) is 0.357. The lowest BCUT2D eigenvalue weighted by Gasteiger charge is -2.11. The molecule has 2 N–H and O–H groups in total. The molecule has 19 heavy (non-hydrogen) atoms. The largest absolute Gasteiger partial charge is 0.323 e. The van der Waals surface area contributed by atoms with E-state index in [1.807, 2.05) is 36.4 Å². The standard InChI is InChI=1S/C14H18N2O2S/c1-19(17,18)10-4-6-12(15)14-9-8-11-5-2-3-7-13(11)16-14/h2-3,5,7-9,12H,4,6,10,15H2,1H3. The molecule has 0 aliphatic carbocycles. The lowest BCUT2D eigenvalue weighted by molar-refractivity contribution is 0.585. The molecule has 2 aromatic rings. The molecule has 0 bridgehead atoms. The quantitative estimate of drug-likeness (QED) is 0.908. The van der Waals surface area contributed by atoms with Crippen LogP contribution in [0.15, 0.2) is 36.4 Å². The first-order chi connectivity index (χ1) is 8.96. The molecule has 1 heterocycles. The minimum atomic E-state index is -2.91. The van der Waals surface area contributed by atoms with E-state index in [1.54, 1.807) is 0 Å². The molecular weight excluding hydrogens is 260 g/mol. The number of aromatic nitrogens is 1. The number of pyridine rings is 1. The highest BCUT2D eigenvalue weighted by Crippen LogP contribution is 2.18. The zero-order valence-corrected chi connectivity index (χ0v) is 11.7. The molecule has 0 radical (unpaired) electrons. The number of sulfone groups is 1. The Bertz CT molecular complexity index is 668. The van der Waals surface area contributed by atoms with E-state index in [4.69, 9.17) is 5.73 Å². The van der Waals surface area contributed by atoms with E-state index in [0.29, 0.717) is 12.8 Å². The number of nitrogens with two attached hydrogens (primary N) is 1. The highest BCUT2D eigenvalue weighted by molar-refractivity contribution is 7.90. The number of fused-ring (bicyclic) bond motifs is 1. The van der Waals surface area contributed by atoms with Crippen molar-refractivity contribution in [2.45, 2.75) is 18.9 Å². The molecule has 0 aliphatic heterocycles. The average molecular weight is 278 g/mol. The summed E-state index contributed by atoms with van der Waals surface area (Å²) in [6, 6.07) is 11.5. The summed E-state index contributed by atoms with van der Waals surface area (Å²) in [5.41, 5.74) is 7.79. The van der Waals surface area contributed by atoms with Crippen molar-refractivity contribution < 1.29 is 8.42 Å². The van der Waals surface area contributed by atoms with Crippen molar-refractivity contribution in [3.63, 3.8) is 0 Å². The number of benzene rings is 1. The minimum Gasteiger partial charge on any atom is -0.323 e. The number of hydrogen-bond donors (Lipinski definition) is 1. The van der Waals surface area contributed by atoms with Gasteiger partial charge >= 0.3 is 0 Å². The van der Waals surface area contributed by atoms with Gasteiger partial charge in [0.1, 0.15) is 9.84 Å². The molecule has 1 atom stereocenters. The van der Waals surface area contributed by atoms with Gasteiger partial charge in [-0.1, -0.05) is 24.3 Å². The summed E-state index contributed by atoms with van der Waals surface area (Å²) >= 11 is 0. The summed E-state index contributed by atoms with van der Waals surface area (Å²) in [7, 11) is -2.91. The highest BCUT2D eigenvalue weighted by Gasteiger charge is 2.10. The first kappa shape index (κ1) is 14.0. The normalized spacial score (nSPS) is 13.6. The topological polar surface area (TPSA) is 73.0 Å². The predicted octanol–water partition coefficient (Wildman–Crippen LogP) is 2.06. The van der Waals surface area contributed by atoms with Crippen LogP contribution in [-0.4, -0.2) is 25.4 Å². The molecule has 2 rings (SSSR count). The molecule has 102 valence electrons. The molecule has 0 saturated carbocycles. The second-order valence-corrected chi connectivity index (χ2v) is 7.07. The van der Waals surface area contributed by atoms with Crippen LogP contribution in [0.3, 0.4) is 0 Å². The van der Waals surface area contributed by atoms with E-state index in [-0.39, 0.29) is 11.8 Å². The first-order valence-corrected chi connectivity index (χ1v) is 8.31. The molecular formula is C14H18N2O2S. The summed E-state index contributed by atoms with van der Waals surface area (Å²) in [6.07, 6.45) is 2.43.